The minimum absolute atomic E-state index is 0.0596. The third kappa shape index (κ3) is 3.26. The van der Waals surface area contributed by atoms with E-state index in [0.29, 0.717) is 31.7 Å². The van der Waals surface area contributed by atoms with Crippen molar-refractivity contribution in [1.29, 1.82) is 0 Å². The molecule has 1 saturated heterocycles. The summed E-state index contributed by atoms with van der Waals surface area (Å²) in [7, 11) is 0. The van der Waals surface area contributed by atoms with E-state index in [1.165, 1.54) is 24.3 Å². The molecule has 8 heteroatoms. The number of benzene rings is 1. The van der Waals surface area contributed by atoms with Gasteiger partial charge in [-0.25, -0.2) is 9.37 Å². The lowest BCUT2D eigenvalue weighted by atomic mass is 10.2. The molecule has 0 saturated carbocycles. The number of hydrogen-bond donors (Lipinski definition) is 0. The monoisotopic (exact) mass is 353 g/mol. The molecule has 1 aliphatic heterocycles. The van der Waals surface area contributed by atoms with Gasteiger partial charge in [-0.15, -0.1) is 10.2 Å². The highest BCUT2D eigenvalue weighted by Gasteiger charge is 2.26. The van der Waals surface area contributed by atoms with E-state index in [9.17, 15) is 9.18 Å². The predicted molar refractivity (Wildman–Crippen MR) is 92.0 cm³/mol. The lowest BCUT2D eigenvalue weighted by molar-refractivity contribution is 0.0707. The summed E-state index contributed by atoms with van der Waals surface area (Å²) >= 11 is 0. The van der Waals surface area contributed by atoms with Crippen molar-refractivity contribution in [1.82, 2.24) is 20.1 Å². The van der Waals surface area contributed by atoms with Crippen LogP contribution in [0.1, 0.15) is 10.7 Å². The Morgan fingerprint density at radius 1 is 1.00 bits per heavy atom. The number of pyridine rings is 1. The van der Waals surface area contributed by atoms with E-state index >= 15 is 0 Å². The highest BCUT2D eigenvalue weighted by Crippen LogP contribution is 2.19. The topological polar surface area (TPSA) is 75.4 Å². The highest BCUT2D eigenvalue weighted by molar-refractivity contribution is 5.90. The number of aromatic nitrogens is 3. The molecule has 132 valence electrons. The molecule has 0 spiro atoms. The van der Waals surface area contributed by atoms with Gasteiger partial charge in [0.1, 0.15) is 11.6 Å². The first-order valence-corrected chi connectivity index (χ1v) is 8.25. The average Bonchev–Trinajstić information content (AvgIpc) is 3.19. The van der Waals surface area contributed by atoms with Crippen LogP contribution < -0.4 is 4.90 Å². The quantitative estimate of drug-likeness (QED) is 0.719. The Morgan fingerprint density at radius 3 is 2.46 bits per heavy atom. The second kappa shape index (κ2) is 6.91. The van der Waals surface area contributed by atoms with E-state index < -0.39 is 0 Å². The molecule has 0 aliphatic carbocycles. The maximum Gasteiger partial charge on any atom is 0.311 e. The largest absolute Gasteiger partial charge is 0.412 e. The van der Waals surface area contributed by atoms with Gasteiger partial charge in [0.2, 0.25) is 5.89 Å². The highest BCUT2D eigenvalue weighted by atomic mass is 19.1. The minimum Gasteiger partial charge on any atom is -0.412 e. The Balaban J connectivity index is 1.42. The molecule has 3 aromatic rings. The number of amides is 1. The van der Waals surface area contributed by atoms with E-state index in [1.54, 1.807) is 11.1 Å². The van der Waals surface area contributed by atoms with Crippen molar-refractivity contribution in [3.05, 3.63) is 60.4 Å². The van der Waals surface area contributed by atoms with Crippen LogP contribution in [-0.4, -0.2) is 52.2 Å². The zero-order chi connectivity index (χ0) is 17.9. The van der Waals surface area contributed by atoms with Crippen LogP contribution in [0.25, 0.3) is 11.5 Å². The maximum atomic E-state index is 13.0. The van der Waals surface area contributed by atoms with Crippen molar-refractivity contribution in [2.45, 2.75) is 0 Å². The van der Waals surface area contributed by atoms with Gasteiger partial charge in [0.05, 0.1) is 0 Å². The van der Waals surface area contributed by atoms with E-state index in [0.717, 1.165) is 5.82 Å². The van der Waals surface area contributed by atoms with Gasteiger partial charge < -0.3 is 14.2 Å². The first kappa shape index (κ1) is 16.2. The third-order valence-corrected chi connectivity index (χ3v) is 4.24. The maximum absolute atomic E-state index is 13.0. The SMILES string of the molecule is O=C(c1nnc(-c2ccc(F)cc2)o1)N1CCN(c2ccccn2)CC1. The van der Waals surface area contributed by atoms with E-state index in [-0.39, 0.29) is 23.5 Å². The Morgan fingerprint density at radius 2 is 1.77 bits per heavy atom. The number of piperazine rings is 1. The molecular formula is C18H16FN5O2. The average molecular weight is 353 g/mol. The van der Waals surface area contributed by atoms with Crippen molar-refractivity contribution in [3.8, 4) is 11.5 Å². The second-order valence-electron chi connectivity index (χ2n) is 5.89. The van der Waals surface area contributed by atoms with Crippen LogP contribution in [0.3, 0.4) is 0 Å². The van der Waals surface area contributed by atoms with Gasteiger partial charge >= 0.3 is 11.8 Å². The molecule has 0 N–H and O–H groups in total. The molecular weight excluding hydrogens is 337 g/mol. The number of carbonyl (C=O) groups is 1. The van der Waals surface area contributed by atoms with Gasteiger partial charge in [-0.3, -0.25) is 4.79 Å². The molecule has 1 aliphatic rings. The van der Waals surface area contributed by atoms with Gasteiger partial charge in [-0.2, -0.15) is 0 Å². The van der Waals surface area contributed by atoms with Gasteiger partial charge in [0.15, 0.2) is 0 Å². The van der Waals surface area contributed by atoms with Crippen LogP contribution >= 0.6 is 0 Å². The van der Waals surface area contributed by atoms with Crippen molar-refractivity contribution in [2.24, 2.45) is 0 Å². The summed E-state index contributed by atoms with van der Waals surface area (Å²) in [5, 5.41) is 7.73. The zero-order valence-electron chi connectivity index (χ0n) is 13.9. The van der Waals surface area contributed by atoms with Crippen molar-refractivity contribution < 1.29 is 13.6 Å². The Kier molecular flexibility index (Phi) is 4.30. The van der Waals surface area contributed by atoms with Gasteiger partial charge in [0.25, 0.3) is 0 Å². The number of nitrogens with zero attached hydrogens (tertiary/aromatic N) is 5. The summed E-state index contributed by atoms with van der Waals surface area (Å²) in [5.74, 6) is 0.383. The van der Waals surface area contributed by atoms with Gasteiger partial charge in [-0.1, -0.05) is 6.07 Å². The molecule has 4 rings (SSSR count). The number of hydrogen-bond acceptors (Lipinski definition) is 6. The van der Waals surface area contributed by atoms with Crippen molar-refractivity contribution in [2.75, 3.05) is 31.1 Å². The van der Waals surface area contributed by atoms with Crippen molar-refractivity contribution in [3.63, 3.8) is 0 Å². The smallest absolute Gasteiger partial charge is 0.311 e. The van der Waals surface area contributed by atoms with E-state index in [2.05, 4.69) is 20.1 Å². The Bertz CT molecular complexity index is 889. The Hall–Kier alpha value is -3.29. The number of anilines is 1. The van der Waals surface area contributed by atoms with Crippen LogP contribution in [0.4, 0.5) is 10.2 Å². The van der Waals surface area contributed by atoms with E-state index in [1.807, 2.05) is 18.2 Å². The summed E-state index contributed by atoms with van der Waals surface area (Å²) < 4.78 is 18.5. The summed E-state index contributed by atoms with van der Waals surface area (Å²) in [6.07, 6.45) is 1.75. The van der Waals surface area contributed by atoms with Crippen LogP contribution in [0.5, 0.6) is 0 Å². The van der Waals surface area contributed by atoms with Gasteiger partial charge in [-0.05, 0) is 36.4 Å². The molecule has 0 radical (unpaired) electrons. The van der Waals surface area contributed by atoms with Crippen LogP contribution in [0.2, 0.25) is 0 Å². The molecule has 0 atom stereocenters. The number of rotatable bonds is 3. The molecule has 0 unspecified atom stereocenters. The first-order valence-electron chi connectivity index (χ1n) is 8.25. The van der Waals surface area contributed by atoms with Crippen molar-refractivity contribution >= 4 is 11.7 Å². The predicted octanol–water partition coefficient (Wildman–Crippen LogP) is 2.23. The molecule has 0 bridgehead atoms. The molecule has 2 aromatic heterocycles. The number of carbonyl (C=O) groups excluding carboxylic acids is 1. The summed E-state index contributed by atoms with van der Waals surface area (Å²) in [5.41, 5.74) is 0.568. The molecule has 1 fully saturated rings. The first-order chi connectivity index (χ1) is 12.7. The summed E-state index contributed by atoms with van der Waals surface area (Å²) in [6, 6.07) is 11.4. The molecule has 7 nitrogen and oxygen atoms in total. The lowest BCUT2D eigenvalue weighted by Crippen LogP contribution is -2.49. The fourth-order valence-electron chi connectivity index (χ4n) is 2.83. The number of halogens is 1. The van der Waals surface area contributed by atoms with Gasteiger partial charge in [0, 0.05) is 37.9 Å². The van der Waals surface area contributed by atoms with Crippen LogP contribution in [-0.2, 0) is 0 Å². The van der Waals surface area contributed by atoms with Crippen LogP contribution in [0, 0.1) is 5.82 Å². The molecule has 26 heavy (non-hydrogen) atoms. The van der Waals surface area contributed by atoms with Crippen LogP contribution in [0.15, 0.2) is 53.1 Å². The Labute approximate surface area is 149 Å². The fraction of sp³-hybridized carbons (Fsp3) is 0.222. The standard InChI is InChI=1S/C18H16FN5O2/c19-14-6-4-13(5-7-14)16-21-22-17(26-16)18(25)24-11-9-23(10-12-24)15-3-1-2-8-20-15/h1-8H,9-12H2. The summed E-state index contributed by atoms with van der Waals surface area (Å²) in [6.45, 7) is 2.46. The molecule has 1 amide bonds. The normalized spacial score (nSPS) is 14.5. The van der Waals surface area contributed by atoms with E-state index in [4.69, 9.17) is 4.42 Å². The fourth-order valence-corrected chi connectivity index (χ4v) is 2.83. The summed E-state index contributed by atoms with van der Waals surface area (Å²) in [4.78, 5) is 20.7. The molecule has 3 heterocycles. The minimum atomic E-state index is -0.352. The second-order valence-corrected chi connectivity index (χ2v) is 5.89. The third-order valence-electron chi connectivity index (χ3n) is 4.24. The molecule has 1 aromatic carbocycles. The zero-order valence-corrected chi connectivity index (χ0v) is 13.9. The lowest BCUT2D eigenvalue weighted by Gasteiger charge is -2.34.